The van der Waals surface area contributed by atoms with Crippen LogP contribution < -0.4 is 11.2 Å². The maximum Gasteiger partial charge on any atom is 0.325 e. The summed E-state index contributed by atoms with van der Waals surface area (Å²) < 4.78 is 5.45. The van der Waals surface area contributed by atoms with E-state index in [0.717, 1.165) is 25.7 Å². The molecule has 1 aromatic rings. The predicted octanol–water partition coefficient (Wildman–Crippen LogP) is -0.459. The summed E-state index contributed by atoms with van der Waals surface area (Å²) in [4.78, 5) is 57.6. The Morgan fingerprint density at radius 1 is 1.07 bits per heavy atom. The SMILES string of the molecule is COC(C(=O)N1CC2CCC1CN2C(=O)Cc1c(C)[nH]c(=O)[nH]c1=O)C1CC1. The van der Waals surface area contributed by atoms with Gasteiger partial charge in [-0.3, -0.25) is 19.4 Å². The number of aromatic nitrogens is 2. The summed E-state index contributed by atoms with van der Waals surface area (Å²) in [6.07, 6.45) is 3.36. The third-order valence-electron chi connectivity index (χ3n) is 6.26. The van der Waals surface area contributed by atoms with Crippen LogP contribution in [0.15, 0.2) is 9.59 Å². The number of nitrogens with one attached hydrogen (secondary N) is 2. The van der Waals surface area contributed by atoms with Crippen molar-refractivity contribution in [1.82, 2.24) is 19.8 Å². The molecule has 3 atom stereocenters. The van der Waals surface area contributed by atoms with E-state index in [1.807, 2.05) is 4.90 Å². The van der Waals surface area contributed by atoms with E-state index in [2.05, 4.69) is 9.97 Å². The van der Waals surface area contributed by atoms with Gasteiger partial charge in [-0.1, -0.05) is 0 Å². The molecular formula is C19H26N4O5. The number of nitrogens with zero attached hydrogens (tertiary/aromatic N) is 2. The van der Waals surface area contributed by atoms with Gasteiger partial charge in [0.25, 0.3) is 11.5 Å². The number of H-pyrrole nitrogens is 2. The fourth-order valence-electron chi connectivity index (χ4n) is 4.55. The van der Waals surface area contributed by atoms with E-state index in [4.69, 9.17) is 4.74 Å². The standard InChI is InChI=1S/C19H26N4O5/c1-10-14(17(25)21-19(27)20-10)7-15(24)22-8-13-6-5-12(22)9-23(13)18(26)16(28-2)11-3-4-11/h11-13,16H,3-9H2,1-2H3,(H2,20,21,25,27). The zero-order valence-corrected chi connectivity index (χ0v) is 16.2. The van der Waals surface area contributed by atoms with Gasteiger partial charge in [-0.15, -0.1) is 0 Å². The van der Waals surface area contributed by atoms with Crippen LogP contribution in [0.1, 0.15) is 36.9 Å². The van der Waals surface area contributed by atoms with Crippen molar-refractivity contribution in [3.63, 3.8) is 0 Å². The van der Waals surface area contributed by atoms with Crippen LogP contribution in [0.25, 0.3) is 0 Å². The van der Waals surface area contributed by atoms with Crippen molar-refractivity contribution < 1.29 is 14.3 Å². The van der Waals surface area contributed by atoms with Gasteiger partial charge in [0.2, 0.25) is 5.91 Å². The molecular weight excluding hydrogens is 364 g/mol. The van der Waals surface area contributed by atoms with E-state index < -0.39 is 11.2 Å². The number of methoxy groups -OCH3 is 1. The Bertz CT molecular complexity index is 902. The molecule has 4 fully saturated rings. The van der Waals surface area contributed by atoms with Gasteiger partial charge in [-0.05, 0) is 38.5 Å². The number of rotatable bonds is 5. The first-order valence-corrected chi connectivity index (χ1v) is 9.84. The average molecular weight is 390 g/mol. The molecule has 3 unspecified atom stereocenters. The van der Waals surface area contributed by atoms with Crippen LogP contribution in [0.5, 0.6) is 0 Å². The Balaban J connectivity index is 1.46. The number of hydrogen-bond acceptors (Lipinski definition) is 5. The van der Waals surface area contributed by atoms with Gasteiger partial charge in [0.15, 0.2) is 0 Å². The monoisotopic (exact) mass is 390 g/mol. The van der Waals surface area contributed by atoms with Crippen molar-refractivity contribution in [2.24, 2.45) is 5.92 Å². The molecule has 28 heavy (non-hydrogen) atoms. The second kappa shape index (κ2) is 7.20. The smallest absolute Gasteiger partial charge is 0.325 e. The van der Waals surface area contributed by atoms with Gasteiger partial charge in [-0.2, -0.15) is 0 Å². The van der Waals surface area contributed by atoms with Gasteiger partial charge >= 0.3 is 5.69 Å². The molecule has 1 aliphatic carbocycles. The first-order valence-electron chi connectivity index (χ1n) is 9.84. The topological polar surface area (TPSA) is 116 Å². The lowest BCUT2D eigenvalue weighted by molar-refractivity contribution is -0.159. The first-order chi connectivity index (χ1) is 13.4. The minimum Gasteiger partial charge on any atom is -0.371 e. The van der Waals surface area contributed by atoms with Gasteiger partial charge in [0.1, 0.15) is 6.10 Å². The highest BCUT2D eigenvalue weighted by Gasteiger charge is 2.47. The number of amides is 2. The highest BCUT2D eigenvalue weighted by molar-refractivity contribution is 5.83. The van der Waals surface area contributed by atoms with E-state index in [-0.39, 0.29) is 42.0 Å². The summed E-state index contributed by atoms with van der Waals surface area (Å²) in [5, 5.41) is 0. The normalized spacial score (nSPS) is 25.1. The molecule has 3 saturated heterocycles. The molecule has 1 saturated carbocycles. The number of piperazine rings is 1. The Labute approximate surface area is 162 Å². The number of hydrogen-bond donors (Lipinski definition) is 2. The van der Waals surface area contributed by atoms with E-state index in [1.165, 1.54) is 0 Å². The highest BCUT2D eigenvalue weighted by Crippen LogP contribution is 2.37. The number of fused-ring (bicyclic) bond motifs is 3. The van der Waals surface area contributed by atoms with Crippen LogP contribution in [0.3, 0.4) is 0 Å². The first kappa shape index (κ1) is 18.9. The molecule has 1 aromatic heterocycles. The molecule has 9 nitrogen and oxygen atoms in total. The largest absolute Gasteiger partial charge is 0.371 e. The van der Waals surface area contributed by atoms with Crippen LogP contribution in [-0.4, -0.2) is 70.0 Å². The quantitative estimate of drug-likeness (QED) is 0.706. The highest BCUT2D eigenvalue weighted by atomic mass is 16.5. The van der Waals surface area contributed by atoms with Gasteiger partial charge in [-0.25, -0.2) is 4.79 Å². The van der Waals surface area contributed by atoms with E-state index >= 15 is 0 Å². The predicted molar refractivity (Wildman–Crippen MR) is 99.9 cm³/mol. The fraction of sp³-hybridized carbons (Fsp3) is 0.684. The summed E-state index contributed by atoms with van der Waals surface area (Å²) in [6.45, 7) is 2.62. The maximum absolute atomic E-state index is 12.9. The summed E-state index contributed by atoms with van der Waals surface area (Å²) in [5.41, 5.74) is -0.408. The summed E-state index contributed by atoms with van der Waals surface area (Å²) in [5.74, 6) is 0.221. The lowest BCUT2D eigenvalue weighted by atomic mass is 9.89. The number of piperidine rings is 2. The second-order valence-corrected chi connectivity index (χ2v) is 8.10. The molecule has 2 amide bonds. The molecule has 3 aliphatic heterocycles. The van der Waals surface area contributed by atoms with Crippen LogP contribution in [-0.2, 0) is 20.7 Å². The van der Waals surface area contributed by atoms with Crippen LogP contribution in [0, 0.1) is 12.8 Å². The molecule has 5 rings (SSSR count). The molecule has 9 heteroatoms. The number of carbonyl (C=O) groups is 2. The molecule has 2 bridgehead atoms. The zero-order chi connectivity index (χ0) is 20.0. The van der Waals surface area contributed by atoms with Gasteiger partial charge < -0.3 is 19.5 Å². The van der Waals surface area contributed by atoms with Crippen molar-refractivity contribution in [2.45, 2.75) is 57.2 Å². The molecule has 152 valence electrons. The summed E-state index contributed by atoms with van der Waals surface area (Å²) in [6, 6.07) is -0.0480. The Morgan fingerprint density at radius 2 is 1.71 bits per heavy atom. The minimum atomic E-state index is -0.576. The number of ether oxygens (including phenoxy) is 1. The molecule has 0 radical (unpaired) electrons. The van der Waals surface area contributed by atoms with Gasteiger partial charge in [0, 0.05) is 43.5 Å². The average Bonchev–Trinajstić information content (AvgIpc) is 3.50. The van der Waals surface area contributed by atoms with Crippen LogP contribution >= 0.6 is 0 Å². The summed E-state index contributed by atoms with van der Waals surface area (Å²) >= 11 is 0. The lowest BCUT2D eigenvalue weighted by Crippen LogP contribution is -2.66. The number of aryl methyl sites for hydroxylation is 1. The molecule has 0 aromatic carbocycles. The Morgan fingerprint density at radius 3 is 2.25 bits per heavy atom. The fourth-order valence-corrected chi connectivity index (χ4v) is 4.55. The molecule has 0 spiro atoms. The van der Waals surface area contributed by atoms with E-state index in [1.54, 1.807) is 18.9 Å². The van der Waals surface area contributed by atoms with Crippen molar-refractivity contribution in [1.29, 1.82) is 0 Å². The number of aromatic amines is 2. The maximum atomic E-state index is 12.9. The van der Waals surface area contributed by atoms with Gasteiger partial charge in [0.05, 0.1) is 6.42 Å². The Hall–Kier alpha value is -2.42. The van der Waals surface area contributed by atoms with Crippen LogP contribution in [0.4, 0.5) is 0 Å². The summed E-state index contributed by atoms with van der Waals surface area (Å²) in [7, 11) is 1.59. The lowest BCUT2D eigenvalue weighted by Gasteiger charge is -2.52. The van der Waals surface area contributed by atoms with E-state index in [0.29, 0.717) is 24.7 Å². The van der Waals surface area contributed by atoms with Crippen LogP contribution in [0.2, 0.25) is 0 Å². The Kier molecular flexibility index (Phi) is 4.86. The number of carbonyl (C=O) groups excluding carboxylic acids is 2. The third kappa shape index (κ3) is 3.39. The molecule has 2 N–H and O–H groups in total. The van der Waals surface area contributed by atoms with Crippen molar-refractivity contribution in [3.05, 3.63) is 32.1 Å². The van der Waals surface area contributed by atoms with Crippen molar-refractivity contribution in [3.8, 4) is 0 Å². The van der Waals surface area contributed by atoms with Crippen molar-refractivity contribution in [2.75, 3.05) is 20.2 Å². The third-order valence-corrected chi connectivity index (χ3v) is 6.26. The zero-order valence-electron chi connectivity index (χ0n) is 16.2. The second-order valence-electron chi connectivity index (χ2n) is 8.10. The van der Waals surface area contributed by atoms with E-state index in [9.17, 15) is 19.2 Å². The molecule has 4 aliphatic rings. The molecule has 4 heterocycles. The van der Waals surface area contributed by atoms with Crippen molar-refractivity contribution >= 4 is 11.8 Å². The minimum absolute atomic E-state index is 0.00666.